The highest BCUT2D eigenvalue weighted by Crippen LogP contribution is 2.29. The van der Waals surface area contributed by atoms with Crippen molar-refractivity contribution in [2.75, 3.05) is 14.2 Å². The zero-order valence-electron chi connectivity index (χ0n) is 16.0. The third-order valence-corrected chi connectivity index (χ3v) is 3.83. The van der Waals surface area contributed by atoms with Gasteiger partial charge in [0, 0.05) is 11.8 Å². The summed E-state index contributed by atoms with van der Waals surface area (Å²) in [7, 11) is 2.65. The van der Waals surface area contributed by atoms with Crippen LogP contribution in [0.15, 0.2) is 54.0 Å². The summed E-state index contributed by atoms with van der Waals surface area (Å²) < 4.78 is 48.2. The molecule has 0 amide bonds. The van der Waals surface area contributed by atoms with Crippen LogP contribution in [0.25, 0.3) is 5.57 Å². The summed E-state index contributed by atoms with van der Waals surface area (Å²) in [6, 6.07) is 8.65. The molecule has 0 bridgehead atoms. The number of hydrogen-bond acceptors (Lipinski definition) is 6. The molecule has 0 N–H and O–H groups in total. The standard InChI is InChI=1S/C20H19F3N2O4/c1-13(18-10-15(8-9-24-18)20(21,22)23)25-29-11-14-6-4-5-7-16(14)17(12-27-2)19(26)28-3/h4-10,12H,11H2,1-3H3/b17-12+,25-13+. The summed E-state index contributed by atoms with van der Waals surface area (Å²) in [5.74, 6) is -0.591. The number of halogens is 3. The minimum absolute atomic E-state index is 0.0372. The Balaban J connectivity index is 2.21. The van der Waals surface area contributed by atoms with Gasteiger partial charge >= 0.3 is 12.1 Å². The first kappa shape index (κ1) is 21.9. The molecule has 2 aromatic rings. The van der Waals surface area contributed by atoms with Gasteiger partial charge in [-0.3, -0.25) is 4.98 Å². The minimum Gasteiger partial charge on any atom is -0.503 e. The van der Waals surface area contributed by atoms with Crippen molar-refractivity contribution >= 4 is 17.3 Å². The monoisotopic (exact) mass is 408 g/mol. The van der Waals surface area contributed by atoms with E-state index in [1.807, 2.05) is 0 Å². The smallest absolute Gasteiger partial charge is 0.416 e. The van der Waals surface area contributed by atoms with E-state index in [1.165, 1.54) is 27.4 Å². The predicted molar refractivity (Wildman–Crippen MR) is 99.7 cm³/mol. The molecule has 29 heavy (non-hydrogen) atoms. The number of methoxy groups -OCH3 is 2. The highest BCUT2D eigenvalue weighted by atomic mass is 19.4. The third-order valence-electron chi connectivity index (χ3n) is 3.83. The molecule has 1 heterocycles. The fourth-order valence-corrected chi connectivity index (χ4v) is 2.41. The van der Waals surface area contributed by atoms with Crippen LogP contribution in [0.4, 0.5) is 13.2 Å². The van der Waals surface area contributed by atoms with E-state index < -0.39 is 17.7 Å². The maximum absolute atomic E-state index is 12.8. The van der Waals surface area contributed by atoms with Crippen LogP contribution in [-0.2, 0) is 31.9 Å². The first-order valence-corrected chi connectivity index (χ1v) is 8.37. The first-order valence-electron chi connectivity index (χ1n) is 8.37. The average Bonchev–Trinajstić information content (AvgIpc) is 2.71. The topological polar surface area (TPSA) is 70.0 Å². The largest absolute Gasteiger partial charge is 0.503 e. The van der Waals surface area contributed by atoms with Gasteiger partial charge in [0.25, 0.3) is 0 Å². The second kappa shape index (κ2) is 9.72. The molecule has 0 aliphatic rings. The first-order chi connectivity index (χ1) is 13.8. The maximum atomic E-state index is 12.8. The second-order valence-electron chi connectivity index (χ2n) is 5.79. The summed E-state index contributed by atoms with van der Waals surface area (Å²) in [4.78, 5) is 21.2. The summed E-state index contributed by atoms with van der Waals surface area (Å²) in [6.45, 7) is 1.45. The fourth-order valence-electron chi connectivity index (χ4n) is 2.41. The van der Waals surface area contributed by atoms with E-state index in [4.69, 9.17) is 14.3 Å². The molecule has 0 saturated heterocycles. The molecular formula is C20H19F3N2O4. The lowest BCUT2D eigenvalue weighted by Gasteiger charge is -2.11. The molecule has 0 unspecified atom stereocenters. The number of rotatable bonds is 7. The van der Waals surface area contributed by atoms with Gasteiger partial charge in [-0.2, -0.15) is 13.2 Å². The molecule has 6 nitrogen and oxygen atoms in total. The third kappa shape index (κ3) is 5.81. The Kier molecular flexibility index (Phi) is 7.35. The van der Waals surface area contributed by atoms with Crippen LogP contribution in [-0.4, -0.2) is 30.9 Å². The SMILES string of the molecule is CO/C=C(/C(=O)OC)c1ccccc1CO/N=C(\C)c1cc(C(F)(F)F)ccn1. The molecular weight excluding hydrogens is 389 g/mol. The van der Waals surface area contributed by atoms with Crippen LogP contribution in [0.1, 0.15) is 29.3 Å². The van der Waals surface area contributed by atoms with Crippen LogP contribution < -0.4 is 0 Å². The van der Waals surface area contributed by atoms with Gasteiger partial charge in [0.2, 0.25) is 0 Å². The van der Waals surface area contributed by atoms with E-state index in [0.717, 1.165) is 18.3 Å². The number of carbonyl (C=O) groups excluding carboxylic acids is 1. The number of ether oxygens (including phenoxy) is 2. The van der Waals surface area contributed by atoms with Crippen LogP contribution in [0.2, 0.25) is 0 Å². The highest BCUT2D eigenvalue weighted by molar-refractivity contribution is 6.16. The lowest BCUT2D eigenvalue weighted by atomic mass is 10.0. The van der Waals surface area contributed by atoms with Gasteiger partial charge in [-0.05, 0) is 24.6 Å². The van der Waals surface area contributed by atoms with Crippen molar-refractivity contribution in [3.8, 4) is 0 Å². The number of esters is 1. The number of carbonyl (C=O) groups is 1. The van der Waals surface area contributed by atoms with Crippen LogP contribution in [0, 0.1) is 0 Å². The van der Waals surface area contributed by atoms with Crippen LogP contribution in [0.5, 0.6) is 0 Å². The molecule has 1 aromatic heterocycles. The summed E-state index contributed by atoms with van der Waals surface area (Å²) in [5.41, 5.74) is 0.710. The lowest BCUT2D eigenvalue weighted by molar-refractivity contribution is -0.137. The normalized spacial score (nSPS) is 12.5. The van der Waals surface area contributed by atoms with E-state index in [2.05, 4.69) is 10.1 Å². The van der Waals surface area contributed by atoms with Crippen molar-refractivity contribution in [2.45, 2.75) is 19.7 Å². The van der Waals surface area contributed by atoms with Crippen molar-refractivity contribution in [3.05, 3.63) is 71.2 Å². The van der Waals surface area contributed by atoms with Crippen molar-refractivity contribution < 1.29 is 32.3 Å². The van der Waals surface area contributed by atoms with E-state index >= 15 is 0 Å². The minimum atomic E-state index is -4.48. The van der Waals surface area contributed by atoms with E-state index in [-0.39, 0.29) is 23.6 Å². The zero-order valence-corrected chi connectivity index (χ0v) is 16.0. The second-order valence-corrected chi connectivity index (χ2v) is 5.79. The molecule has 154 valence electrons. The van der Waals surface area contributed by atoms with Gasteiger partial charge in [-0.25, -0.2) is 4.79 Å². The molecule has 0 atom stereocenters. The Morgan fingerprint density at radius 3 is 2.59 bits per heavy atom. The highest BCUT2D eigenvalue weighted by Gasteiger charge is 2.30. The Morgan fingerprint density at radius 1 is 1.21 bits per heavy atom. The predicted octanol–water partition coefficient (Wildman–Crippen LogP) is 4.20. The molecule has 0 aliphatic heterocycles. The molecule has 0 aliphatic carbocycles. The molecule has 0 fully saturated rings. The van der Waals surface area contributed by atoms with Crippen LogP contribution in [0.3, 0.4) is 0 Å². The summed E-state index contributed by atoms with van der Waals surface area (Å²) >= 11 is 0. The van der Waals surface area contributed by atoms with Gasteiger partial charge < -0.3 is 14.3 Å². The fraction of sp³-hybridized carbons (Fsp3) is 0.250. The van der Waals surface area contributed by atoms with Gasteiger partial charge in [-0.1, -0.05) is 29.4 Å². The van der Waals surface area contributed by atoms with Gasteiger partial charge in [0.1, 0.15) is 17.9 Å². The maximum Gasteiger partial charge on any atom is 0.416 e. The summed E-state index contributed by atoms with van der Waals surface area (Å²) in [6.07, 6.45) is -2.16. The van der Waals surface area contributed by atoms with Crippen LogP contribution >= 0.6 is 0 Å². The van der Waals surface area contributed by atoms with Crippen molar-refractivity contribution in [2.24, 2.45) is 5.16 Å². The molecule has 0 saturated carbocycles. The molecule has 2 rings (SSSR count). The number of alkyl halides is 3. The average molecular weight is 408 g/mol. The molecule has 1 aromatic carbocycles. The summed E-state index contributed by atoms with van der Waals surface area (Å²) in [5, 5.41) is 3.84. The van der Waals surface area contributed by atoms with Crippen molar-refractivity contribution in [1.29, 1.82) is 0 Å². The number of hydrogen-bond donors (Lipinski definition) is 0. The van der Waals surface area contributed by atoms with Gasteiger partial charge in [0.15, 0.2) is 0 Å². The number of oxime groups is 1. The zero-order chi connectivity index (χ0) is 21.4. The van der Waals surface area contributed by atoms with Crippen molar-refractivity contribution in [1.82, 2.24) is 4.98 Å². The van der Waals surface area contributed by atoms with Crippen molar-refractivity contribution in [3.63, 3.8) is 0 Å². The number of pyridine rings is 1. The quantitative estimate of drug-likeness (QED) is 0.226. The Hall–Kier alpha value is -3.36. The van der Waals surface area contributed by atoms with Gasteiger partial charge in [-0.15, -0.1) is 0 Å². The number of benzene rings is 1. The van der Waals surface area contributed by atoms with E-state index in [1.54, 1.807) is 24.3 Å². The molecule has 9 heteroatoms. The molecule has 0 radical (unpaired) electrons. The molecule has 0 spiro atoms. The van der Waals surface area contributed by atoms with E-state index in [0.29, 0.717) is 11.1 Å². The lowest BCUT2D eigenvalue weighted by Crippen LogP contribution is -2.09. The van der Waals surface area contributed by atoms with Gasteiger partial charge in [0.05, 0.1) is 31.7 Å². The Labute approximate surface area is 165 Å². The number of aromatic nitrogens is 1. The Morgan fingerprint density at radius 2 is 1.93 bits per heavy atom. The Bertz CT molecular complexity index is 924. The van der Waals surface area contributed by atoms with E-state index in [9.17, 15) is 18.0 Å². The number of nitrogens with zero attached hydrogens (tertiary/aromatic N) is 2.